The number of rotatable bonds is 4. The number of carbonyl (C=O) groups is 2. The van der Waals surface area contributed by atoms with E-state index in [2.05, 4.69) is 10.6 Å². The molecular weight excluding hydrogens is 120 g/mol. The lowest BCUT2D eigenvalue weighted by atomic mass is 10.2. The lowest BCUT2D eigenvalue weighted by Crippen LogP contribution is -2.50. The van der Waals surface area contributed by atoms with E-state index in [1.54, 1.807) is 13.8 Å². The molecule has 2 amide bonds. The normalized spacial score (nSPS) is 10.0. The van der Waals surface area contributed by atoms with E-state index in [1.807, 2.05) is 0 Å². The minimum atomic E-state index is -0.635. The summed E-state index contributed by atoms with van der Waals surface area (Å²) in [4.78, 5) is 19.7. The van der Waals surface area contributed by atoms with Crippen molar-refractivity contribution in [2.75, 3.05) is 0 Å². The highest BCUT2D eigenvalue weighted by Gasteiger charge is 2.12. The smallest absolute Gasteiger partial charge is 0.208 e. The van der Waals surface area contributed by atoms with E-state index in [0.717, 1.165) is 0 Å². The van der Waals surface area contributed by atoms with Gasteiger partial charge in [0.1, 0.15) is 5.66 Å². The molecule has 2 N–H and O–H groups in total. The SMILES string of the molecule is CC(C)(NC=O)NC=O. The number of carbonyl (C=O) groups excluding carboxylic acids is 2. The molecule has 0 bridgehead atoms. The maximum absolute atomic E-state index is 9.83. The van der Waals surface area contributed by atoms with Gasteiger partial charge in [0.25, 0.3) is 0 Å². The molecule has 0 unspecified atom stereocenters. The summed E-state index contributed by atoms with van der Waals surface area (Å²) >= 11 is 0. The van der Waals surface area contributed by atoms with Crippen molar-refractivity contribution in [1.82, 2.24) is 10.6 Å². The van der Waals surface area contributed by atoms with E-state index >= 15 is 0 Å². The molecule has 0 saturated carbocycles. The van der Waals surface area contributed by atoms with E-state index in [-0.39, 0.29) is 0 Å². The molecule has 0 aliphatic rings. The molecule has 0 saturated heterocycles. The molecule has 0 spiro atoms. The lowest BCUT2D eigenvalue weighted by molar-refractivity contribution is -0.113. The van der Waals surface area contributed by atoms with Crippen LogP contribution < -0.4 is 10.6 Å². The Balaban J connectivity index is 3.68. The third-order valence-electron chi connectivity index (χ3n) is 0.840. The first-order valence-electron chi connectivity index (χ1n) is 2.55. The van der Waals surface area contributed by atoms with Crippen LogP contribution in [0.3, 0.4) is 0 Å². The van der Waals surface area contributed by atoms with Crippen molar-refractivity contribution < 1.29 is 9.59 Å². The third kappa shape index (κ3) is 3.52. The van der Waals surface area contributed by atoms with E-state index in [0.29, 0.717) is 12.8 Å². The monoisotopic (exact) mass is 130 g/mol. The van der Waals surface area contributed by atoms with Gasteiger partial charge in [-0.1, -0.05) is 0 Å². The highest BCUT2D eigenvalue weighted by Crippen LogP contribution is 1.90. The van der Waals surface area contributed by atoms with E-state index in [9.17, 15) is 9.59 Å². The van der Waals surface area contributed by atoms with Crippen molar-refractivity contribution >= 4 is 12.8 Å². The van der Waals surface area contributed by atoms with Crippen molar-refractivity contribution in [3.05, 3.63) is 0 Å². The Labute approximate surface area is 53.6 Å². The average molecular weight is 130 g/mol. The van der Waals surface area contributed by atoms with Gasteiger partial charge < -0.3 is 10.6 Å². The summed E-state index contributed by atoms with van der Waals surface area (Å²) in [6, 6.07) is 0. The molecule has 4 heteroatoms. The van der Waals surface area contributed by atoms with E-state index < -0.39 is 5.66 Å². The quantitative estimate of drug-likeness (QED) is 0.387. The topological polar surface area (TPSA) is 58.2 Å². The molecule has 0 aliphatic heterocycles. The van der Waals surface area contributed by atoms with Gasteiger partial charge in [0.2, 0.25) is 12.8 Å². The first-order chi connectivity index (χ1) is 4.12. The van der Waals surface area contributed by atoms with Gasteiger partial charge >= 0.3 is 0 Å². The molecular formula is C5H10N2O2. The molecule has 52 valence electrons. The predicted octanol–water partition coefficient (Wildman–Crippen LogP) is -0.786. The van der Waals surface area contributed by atoms with Crippen LogP contribution in [0, 0.1) is 0 Å². The molecule has 0 aromatic carbocycles. The first-order valence-corrected chi connectivity index (χ1v) is 2.55. The summed E-state index contributed by atoms with van der Waals surface area (Å²) in [5, 5.41) is 4.80. The van der Waals surface area contributed by atoms with Crippen molar-refractivity contribution in [1.29, 1.82) is 0 Å². The van der Waals surface area contributed by atoms with Crippen molar-refractivity contribution in [2.24, 2.45) is 0 Å². The van der Waals surface area contributed by atoms with Gasteiger partial charge in [0, 0.05) is 0 Å². The number of nitrogens with one attached hydrogen (secondary N) is 2. The van der Waals surface area contributed by atoms with Gasteiger partial charge in [-0.25, -0.2) is 0 Å². The second-order valence-corrected chi connectivity index (χ2v) is 2.15. The van der Waals surface area contributed by atoms with Gasteiger partial charge in [-0.05, 0) is 13.8 Å². The van der Waals surface area contributed by atoms with Crippen molar-refractivity contribution in [3.8, 4) is 0 Å². The van der Waals surface area contributed by atoms with Crippen LogP contribution in [0.1, 0.15) is 13.8 Å². The van der Waals surface area contributed by atoms with Crippen LogP contribution >= 0.6 is 0 Å². The highest BCUT2D eigenvalue weighted by atomic mass is 16.1. The molecule has 0 aliphatic carbocycles. The van der Waals surface area contributed by atoms with Gasteiger partial charge in [0.15, 0.2) is 0 Å². The van der Waals surface area contributed by atoms with Crippen LogP contribution in [0.25, 0.3) is 0 Å². The maximum atomic E-state index is 9.83. The summed E-state index contributed by atoms with van der Waals surface area (Å²) in [6.07, 6.45) is 1.08. The Morgan fingerprint density at radius 3 is 1.67 bits per heavy atom. The summed E-state index contributed by atoms with van der Waals surface area (Å²) in [7, 11) is 0. The van der Waals surface area contributed by atoms with Crippen LogP contribution in [0.2, 0.25) is 0 Å². The standard InChI is InChI=1S/C5H10N2O2/c1-5(2,6-3-8)7-4-9/h3-4H,1-2H3,(H,6,8)(H,7,9). The molecule has 9 heavy (non-hydrogen) atoms. The maximum Gasteiger partial charge on any atom is 0.208 e. The summed E-state index contributed by atoms with van der Waals surface area (Å²) in [6.45, 7) is 3.35. The summed E-state index contributed by atoms with van der Waals surface area (Å²) < 4.78 is 0. The second-order valence-electron chi connectivity index (χ2n) is 2.15. The highest BCUT2D eigenvalue weighted by molar-refractivity contribution is 5.52. The van der Waals surface area contributed by atoms with Gasteiger partial charge in [0.05, 0.1) is 0 Å². The van der Waals surface area contributed by atoms with Gasteiger partial charge in [-0.15, -0.1) is 0 Å². The molecule has 0 atom stereocenters. The Kier molecular flexibility index (Phi) is 2.70. The largest absolute Gasteiger partial charge is 0.337 e. The van der Waals surface area contributed by atoms with Crippen LogP contribution in [-0.2, 0) is 9.59 Å². The van der Waals surface area contributed by atoms with Crippen LogP contribution in [0.5, 0.6) is 0 Å². The zero-order valence-electron chi connectivity index (χ0n) is 5.47. The molecule has 0 rings (SSSR count). The van der Waals surface area contributed by atoms with Crippen molar-refractivity contribution in [3.63, 3.8) is 0 Å². The Morgan fingerprint density at radius 2 is 1.44 bits per heavy atom. The zero-order chi connectivity index (χ0) is 7.33. The van der Waals surface area contributed by atoms with E-state index in [4.69, 9.17) is 0 Å². The number of amides is 2. The van der Waals surface area contributed by atoms with Crippen molar-refractivity contribution in [2.45, 2.75) is 19.5 Å². The molecule has 4 nitrogen and oxygen atoms in total. The summed E-state index contributed by atoms with van der Waals surface area (Å²) in [5.41, 5.74) is -0.635. The predicted molar refractivity (Wildman–Crippen MR) is 32.5 cm³/mol. The fourth-order valence-corrected chi connectivity index (χ4v) is 0.336. The molecule has 0 aromatic rings. The van der Waals surface area contributed by atoms with Crippen LogP contribution in [0.15, 0.2) is 0 Å². The molecule has 0 heterocycles. The molecule has 0 fully saturated rings. The molecule has 0 aromatic heterocycles. The first kappa shape index (κ1) is 7.94. The number of hydrogen-bond acceptors (Lipinski definition) is 2. The van der Waals surface area contributed by atoms with Gasteiger partial charge in [-0.3, -0.25) is 9.59 Å². The second kappa shape index (κ2) is 3.06. The fourth-order valence-electron chi connectivity index (χ4n) is 0.336. The average Bonchev–Trinajstić information content (AvgIpc) is 1.64. The number of hydrogen-bond donors (Lipinski definition) is 2. The van der Waals surface area contributed by atoms with Gasteiger partial charge in [-0.2, -0.15) is 0 Å². The van der Waals surface area contributed by atoms with E-state index in [1.165, 1.54) is 0 Å². The third-order valence-corrected chi connectivity index (χ3v) is 0.840. The Morgan fingerprint density at radius 1 is 1.11 bits per heavy atom. The lowest BCUT2D eigenvalue weighted by Gasteiger charge is -2.21. The summed E-state index contributed by atoms with van der Waals surface area (Å²) in [5.74, 6) is 0. The Hall–Kier alpha value is -1.06. The minimum Gasteiger partial charge on any atom is -0.337 e. The Bertz CT molecular complexity index is 99.5. The van der Waals surface area contributed by atoms with Crippen LogP contribution in [0.4, 0.5) is 0 Å². The zero-order valence-corrected chi connectivity index (χ0v) is 5.47. The molecule has 0 radical (unpaired) electrons. The minimum absolute atomic E-state index is 0.538. The van der Waals surface area contributed by atoms with Crippen LogP contribution in [-0.4, -0.2) is 18.5 Å². The fraction of sp³-hybridized carbons (Fsp3) is 0.600.